The number of allylic oxidation sites excluding steroid dienone is 2. The number of hydrogen-bond donors (Lipinski definition) is 0. The third-order valence-corrected chi connectivity index (χ3v) is 7.12. The van der Waals surface area contributed by atoms with Gasteiger partial charge in [0.25, 0.3) is 0 Å². The predicted octanol–water partition coefficient (Wildman–Crippen LogP) is 4.42. The lowest BCUT2D eigenvalue weighted by Crippen LogP contribution is -2.46. The number of rotatable bonds is 5. The number of methoxy groups -OCH3 is 2. The highest BCUT2D eigenvalue weighted by molar-refractivity contribution is 5.93. The number of para-hydroxylation sites is 1. The molecule has 2 aliphatic rings. The average Bonchev–Trinajstić information content (AvgIpc) is 3.17. The number of carbonyl (C=O) groups is 2. The Morgan fingerprint density at radius 2 is 1.76 bits per heavy atom. The molecule has 0 amide bonds. The molecule has 5 rings (SSSR count). The molecule has 0 radical (unpaired) electrons. The summed E-state index contributed by atoms with van der Waals surface area (Å²) in [4.78, 5) is 27.4. The molecule has 1 aliphatic carbocycles. The van der Waals surface area contributed by atoms with Gasteiger partial charge >= 0.3 is 11.9 Å². The van der Waals surface area contributed by atoms with Crippen LogP contribution in [0.3, 0.4) is 0 Å². The van der Waals surface area contributed by atoms with Gasteiger partial charge in [-0.1, -0.05) is 48.5 Å². The van der Waals surface area contributed by atoms with E-state index in [4.69, 9.17) is 9.47 Å². The maximum Gasteiger partial charge on any atom is 0.330 e. The van der Waals surface area contributed by atoms with Gasteiger partial charge in [0.1, 0.15) is 5.92 Å². The second kappa shape index (κ2) is 8.86. The summed E-state index contributed by atoms with van der Waals surface area (Å²) in [5.41, 5.74) is 5.39. The Balaban J connectivity index is 1.71. The van der Waals surface area contributed by atoms with Gasteiger partial charge in [-0.3, -0.25) is 4.79 Å². The number of aromatic nitrogens is 1. The Hall–Kier alpha value is -3.80. The highest BCUT2D eigenvalue weighted by atomic mass is 16.5. The molecule has 6 nitrogen and oxygen atoms in total. The zero-order valence-electron chi connectivity index (χ0n) is 19.6. The van der Waals surface area contributed by atoms with Crippen molar-refractivity contribution in [2.24, 2.45) is 7.05 Å². The van der Waals surface area contributed by atoms with Gasteiger partial charge in [-0.15, -0.1) is 0 Å². The van der Waals surface area contributed by atoms with Gasteiger partial charge in [-0.2, -0.15) is 0 Å². The fraction of sp³-hybridized carbons (Fsp3) is 0.286. The molecule has 1 aromatic heterocycles. The van der Waals surface area contributed by atoms with Crippen LogP contribution in [0.15, 0.2) is 78.5 Å². The minimum Gasteiger partial charge on any atom is -0.468 e. The van der Waals surface area contributed by atoms with Gasteiger partial charge in [-0.25, -0.2) is 4.79 Å². The van der Waals surface area contributed by atoms with E-state index in [1.165, 1.54) is 20.3 Å². The van der Waals surface area contributed by atoms with Crippen LogP contribution >= 0.6 is 0 Å². The van der Waals surface area contributed by atoms with E-state index < -0.39 is 11.9 Å². The summed E-state index contributed by atoms with van der Waals surface area (Å²) in [6.45, 7) is 0.654. The summed E-state index contributed by atoms with van der Waals surface area (Å²) >= 11 is 0. The molecule has 0 unspecified atom stereocenters. The highest BCUT2D eigenvalue weighted by Gasteiger charge is 2.47. The van der Waals surface area contributed by atoms with Crippen LogP contribution in [0, 0.1) is 0 Å². The fourth-order valence-electron chi connectivity index (χ4n) is 5.62. The third kappa shape index (κ3) is 3.59. The highest BCUT2D eigenvalue weighted by Crippen LogP contribution is 2.51. The van der Waals surface area contributed by atoms with E-state index in [1.54, 1.807) is 0 Å². The third-order valence-electron chi connectivity index (χ3n) is 7.12. The summed E-state index contributed by atoms with van der Waals surface area (Å²) in [7, 11) is 4.89. The van der Waals surface area contributed by atoms with Crippen molar-refractivity contribution >= 4 is 22.8 Å². The van der Waals surface area contributed by atoms with Crippen LogP contribution in [-0.2, 0) is 32.7 Å². The molecule has 6 heteroatoms. The molecule has 2 aromatic carbocycles. The van der Waals surface area contributed by atoms with Crippen molar-refractivity contribution in [1.29, 1.82) is 0 Å². The second-order valence-electron chi connectivity index (χ2n) is 8.88. The molecule has 3 atom stereocenters. The molecule has 0 spiro atoms. The van der Waals surface area contributed by atoms with E-state index in [1.807, 2.05) is 43.5 Å². The van der Waals surface area contributed by atoms with Crippen molar-refractivity contribution in [3.05, 3.63) is 95.3 Å². The maximum absolute atomic E-state index is 13.3. The molecular weight excluding hydrogens is 428 g/mol. The number of nitrogens with zero attached hydrogens (tertiary/aromatic N) is 2. The fourth-order valence-corrected chi connectivity index (χ4v) is 5.62. The first-order valence-electron chi connectivity index (χ1n) is 11.5. The van der Waals surface area contributed by atoms with Gasteiger partial charge in [0.15, 0.2) is 0 Å². The van der Waals surface area contributed by atoms with Crippen molar-refractivity contribution in [3.63, 3.8) is 0 Å². The van der Waals surface area contributed by atoms with Crippen LogP contribution in [0.25, 0.3) is 10.9 Å². The lowest BCUT2D eigenvalue weighted by Gasteiger charge is -2.46. The maximum atomic E-state index is 13.3. The molecule has 0 N–H and O–H groups in total. The minimum atomic E-state index is -0.409. The van der Waals surface area contributed by atoms with Crippen LogP contribution in [-0.4, -0.2) is 41.7 Å². The largest absolute Gasteiger partial charge is 0.468 e. The molecule has 3 aromatic rings. The number of benzene rings is 2. The lowest BCUT2D eigenvalue weighted by molar-refractivity contribution is -0.144. The first-order chi connectivity index (χ1) is 16.5. The summed E-state index contributed by atoms with van der Waals surface area (Å²) in [5.74, 6) is -0.973. The zero-order chi connectivity index (χ0) is 23.8. The van der Waals surface area contributed by atoms with Crippen molar-refractivity contribution in [3.8, 4) is 0 Å². The molecule has 0 fully saturated rings. The monoisotopic (exact) mass is 456 g/mol. The molecule has 1 aliphatic heterocycles. The summed E-state index contributed by atoms with van der Waals surface area (Å²) in [5, 5.41) is 1.07. The van der Waals surface area contributed by atoms with Crippen LogP contribution in [0.4, 0.5) is 0 Å². The molecule has 34 heavy (non-hydrogen) atoms. The summed E-state index contributed by atoms with van der Waals surface area (Å²) < 4.78 is 12.4. The van der Waals surface area contributed by atoms with E-state index in [-0.39, 0.29) is 17.9 Å². The standard InChI is InChI=1S/C28H28N2O4/c1-29-22-12-8-7-11-20(22)25-26(28(32)34-3)23-15-21(27(25)29)19(13-14-24(31)33-2)17-30(23)16-18-9-5-4-6-10-18/h4-14,17,21,23,26H,15-16H2,1-3H3/b14-13+/t21-,23-,26+/m0/s1. The minimum absolute atomic E-state index is 0.0474. The van der Waals surface area contributed by atoms with Gasteiger partial charge in [0.2, 0.25) is 0 Å². The zero-order valence-corrected chi connectivity index (χ0v) is 19.6. The number of aryl methyl sites for hydroxylation is 1. The molecule has 2 heterocycles. The smallest absolute Gasteiger partial charge is 0.330 e. The van der Waals surface area contributed by atoms with Crippen LogP contribution in [0.5, 0.6) is 0 Å². The second-order valence-corrected chi connectivity index (χ2v) is 8.88. The topological polar surface area (TPSA) is 60.8 Å². The normalized spacial score (nSPS) is 21.3. The van der Waals surface area contributed by atoms with Crippen LogP contribution < -0.4 is 0 Å². The molecule has 0 saturated carbocycles. The van der Waals surface area contributed by atoms with Crippen molar-refractivity contribution in [2.45, 2.75) is 30.8 Å². The van der Waals surface area contributed by atoms with E-state index in [2.05, 4.69) is 39.9 Å². The van der Waals surface area contributed by atoms with Crippen molar-refractivity contribution in [2.75, 3.05) is 14.2 Å². The van der Waals surface area contributed by atoms with Gasteiger partial charge in [0, 0.05) is 54.4 Å². The number of esters is 2. The van der Waals surface area contributed by atoms with Crippen LogP contribution in [0.2, 0.25) is 0 Å². The molecule has 0 saturated heterocycles. The van der Waals surface area contributed by atoms with Crippen molar-refractivity contribution in [1.82, 2.24) is 9.47 Å². The lowest BCUT2D eigenvalue weighted by atomic mass is 9.70. The summed E-state index contributed by atoms with van der Waals surface area (Å²) in [6, 6.07) is 18.3. The first-order valence-corrected chi connectivity index (χ1v) is 11.5. The summed E-state index contributed by atoms with van der Waals surface area (Å²) in [6.07, 6.45) is 6.18. The van der Waals surface area contributed by atoms with Gasteiger partial charge in [0.05, 0.1) is 14.2 Å². The van der Waals surface area contributed by atoms with E-state index >= 15 is 0 Å². The Morgan fingerprint density at radius 1 is 1.03 bits per heavy atom. The Labute approximate surface area is 199 Å². The molecule has 2 bridgehead atoms. The Kier molecular flexibility index (Phi) is 5.74. The number of hydrogen-bond acceptors (Lipinski definition) is 5. The number of fused-ring (bicyclic) bond motifs is 6. The predicted molar refractivity (Wildman–Crippen MR) is 130 cm³/mol. The van der Waals surface area contributed by atoms with Gasteiger partial charge in [-0.05, 0) is 35.3 Å². The Morgan fingerprint density at radius 3 is 2.50 bits per heavy atom. The Bertz CT molecular complexity index is 1300. The SMILES string of the molecule is COC(=O)/C=C/C1=CN(Cc2ccccc2)[C@H]2C[C@@H]1c1c(c3ccccc3n1C)[C@@H]2C(=O)OC. The molecular formula is C28H28N2O4. The first kappa shape index (κ1) is 22.0. The number of ether oxygens (including phenoxy) is 2. The van der Waals surface area contributed by atoms with E-state index in [0.717, 1.165) is 39.7 Å². The van der Waals surface area contributed by atoms with Crippen LogP contribution in [0.1, 0.15) is 35.1 Å². The van der Waals surface area contributed by atoms with E-state index in [9.17, 15) is 9.59 Å². The average molecular weight is 457 g/mol. The van der Waals surface area contributed by atoms with E-state index in [0.29, 0.717) is 6.54 Å². The quantitative estimate of drug-likeness (QED) is 0.420. The van der Waals surface area contributed by atoms with Crippen molar-refractivity contribution < 1.29 is 19.1 Å². The molecule has 174 valence electrons. The number of carbonyl (C=O) groups excluding carboxylic acids is 2. The van der Waals surface area contributed by atoms with Gasteiger partial charge < -0.3 is 18.9 Å².